The lowest BCUT2D eigenvalue weighted by Crippen LogP contribution is -2.51. The molecule has 0 aromatic rings. The first-order chi connectivity index (χ1) is 11.7. The highest BCUT2D eigenvalue weighted by atomic mass is 35.5. The smallest absolute Gasteiger partial charge is 0.108 e. The van der Waals surface area contributed by atoms with Gasteiger partial charge in [0.2, 0.25) is 0 Å². The second-order valence-corrected chi connectivity index (χ2v) is 8.38. The average molecular weight is 370 g/mol. The lowest BCUT2D eigenvalue weighted by Gasteiger charge is -2.37. The Morgan fingerprint density at radius 1 is 1.17 bits per heavy atom. The van der Waals surface area contributed by atoms with E-state index in [9.17, 15) is 0 Å². The van der Waals surface area contributed by atoms with Gasteiger partial charge in [0.05, 0.1) is 12.2 Å². The lowest BCUT2D eigenvalue weighted by atomic mass is 9.84. The molecule has 3 fully saturated rings. The largest absolute Gasteiger partial charge is 0.368 e. The van der Waals surface area contributed by atoms with Crippen LogP contribution in [0.2, 0.25) is 0 Å². The first-order valence-electron chi connectivity index (χ1n) is 9.35. The van der Waals surface area contributed by atoms with Crippen LogP contribution in [0.5, 0.6) is 0 Å². The van der Waals surface area contributed by atoms with Gasteiger partial charge in [-0.3, -0.25) is 4.90 Å². The van der Waals surface area contributed by atoms with Gasteiger partial charge in [-0.2, -0.15) is 5.26 Å². The number of hydrogen-bond donors (Lipinski definition) is 0. The minimum atomic E-state index is 0.117. The van der Waals surface area contributed by atoms with Crippen molar-refractivity contribution in [3.8, 4) is 6.07 Å². The highest BCUT2D eigenvalue weighted by molar-refractivity contribution is 7.80. The average Bonchev–Trinajstić information content (AvgIpc) is 3.10. The van der Waals surface area contributed by atoms with E-state index < -0.39 is 0 Å². The Morgan fingerprint density at radius 2 is 1.96 bits per heavy atom. The summed E-state index contributed by atoms with van der Waals surface area (Å²) < 4.78 is 6.36. The van der Waals surface area contributed by atoms with Gasteiger partial charge in [0.15, 0.2) is 0 Å². The summed E-state index contributed by atoms with van der Waals surface area (Å²) in [5.74, 6) is 0.622. The van der Waals surface area contributed by atoms with Gasteiger partial charge in [-0.05, 0) is 38.0 Å². The SMILES string of the molecule is N#CCCN1CCN(C(=S)C2CCC(C3CCCC(Cl)C3)O2)CC1. The normalized spacial score (nSPS) is 34.9. The number of ether oxygens (including phenoxy) is 1. The number of hydrogen-bond acceptors (Lipinski definition) is 4. The Morgan fingerprint density at radius 3 is 2.67 bits per heavy atom. The summed E-state index contributed by atoms with van der Waals surface area (Å²) in [7, 11) is 0. The van der Waals surface area contributed by atoms with E-state index in [1.54, 1.807) is 0 Å². The van der Waals surface area contributed by atoms with Crippen molar-refractivity contribution in [2.45, 2.75) is 62.5 Å². The summed E-state index contributed by atoms with van der Waals surface area (Å²) in [6.07, 6.45) is 8.01. The van der Waals surface area contributed by atoms with Crippen molar-refractivity contribution in [2.75, 3.05) is 32.7 Å². The fourth-order valence-corrected chi connectivity index (χ4v) is 5.04. The summed E-state index contributed by atoms with van der Waals surface area (Å²) >= 11 is 12.1. The van der Waals surface area contributed by atoms with E-state index >= 15 is 0 Å². The molecule has 4 unspecified atom stereocenters. The Hall–Kier alpha value is -0.410. The summed E-state index contributed by atoms with van der Waals surface area (Å²) in [6.45, 7) is 4.79. The van der Waals surface area contributed by atoms with Crippen LogP contribution in [0.4, 0.5) is 0 Å². The van der Waals surface area contributed by atoms with E-state index in [4.69, 9.17) is 33.8 Å². The third-order valence-electron chi connectivity index (χ3n) is 5.73. The van der Waals surface area contributed by atoms with Crippen molar-refractivity contribution in [3.05, 3.63) is 0 Å². The summed E-state index contributed by atoms with van der Waals surface area (Å²) in [5.41, 5.74) is 0. The molecular weight excluding hydrogens is 342 g/mol. The molecule has 0 bridgehead atoms. The monoisotopic (exact) mass is 369 g/mol. The molecule has 6 heteroatoms. The van der Waals surface area contributed by atoms with Crippen LogP contribution in [0, 0.1) is 17.2 Å². The van der Waals surface area contributed by atoms with Gasteiger partial charge >= 0.3 is 0 Å². The second kappa shape index (κ2) is 8.80. The molecule has 4 atom stereocenters. The summed E-state index contributed by atoms with van der Waals surface area (Å²) in [5, 5.41) is 9.03. The van der Waals surface area contributed by atoms with Crippen LogP contribution in [0.25, 0.3) is 0 Å². The van der Waals surface area contributed by atoms with E-state index in [2.05, 4.69) is 15.9 Å². The number of piperazine rings is 1. The van der Waals surface area contributed by atoms with Crippen LogP contribution in [0.1, 0.15) is 44.9 Å². The first kappa shape index (κ1) is 18.4. The predicted molar refractivity (Wildman–Crippen MR) is 100 cm³/mol. The lowest BCUT2D eigenvalue weighted by molar-refractivity contribution is 0.0227. The van der Waals surface area contributed by atoms with Crippen LogP contribution in [0.3, 0.4) is 0 Å². The third kappa shape index (κ3) is 4.60. The highest BCUT2D eigenvalue weighted by Crippen LogP contribution is 2.37. The van der Waals surface area contributed by atoms with E-state index in [0.29, 0.717) is 23.8 Å². The van der Waals surface area contributed by atoms with Gasteiger partial charge in [-0.15, -0.1) is 11.6 Å². The molecule has 0 spiro atoms. The first-order valence-corrected chi connectivity index (χ1v) is 10.2. The molecule has 0 amide bonds. The molecular formula is C18H28ClN3OS. The second-order valence-electron chi connectivity index (χ2n) is 7.34. The number of nitrogens with zero attached hydrogens (tertiary/aromatic N) is 3. The van der Waals surface area contributed by atoms with Crippen LogP contribution >= 0.6 is 23.8 Å². The zero-order valence-electron chi connectivity index (χ0n) is 14.3. The quantitative estimate of drug-likeness (QED) is 0.562. The minimum Gasteiger partial charge on any atom is -0.368 e. The fourth-order valence-electron chi connectivity index (χ4n) is 4.30. The van der Waals surface area contributed by atoms with E-state index in [-0.39, 0.29) is 6.10 Å². The molecule has 4 nitrogen and oxygen atoms in total. The van der Waals surface area contributed by atoms with Gasteiger partial charge in [-0.1, -0.05) is 18.6 Å². The summed E-state index contributed by atoms with van der Waals surface area (Å²) in [6, 6.07) is 2.22. The molecule has 0 radical (unpaired) electrons. The predicted octanol–water partition coefficient (Wildman–Crippen LogP) is 3.19. The van der Waals surface area contributed by atoms with Gasteiger partial charge in [-0.25, -0.2) is 0 Å². The zero-order valence-corrected chi connectivity index (χ0v) is 15.9. The van der Waals surface area contributed by atoms with E-state index in [0.717, 1.165) is 63.4 Å². The molecule has 3 aliphatic rings. The van der Waals surface area contributed by atoms with Crippen LogP contribution in [-0.2, 0) is 4.74 Å². The third-order valence-corrected chi connectivity index (χ3v) is 6.65. The molecule has 1 aliphatic carbocycles. The van der Waals surface area contributed by atoms with Gasteiger partial charge in [0, 0.05) is 44.5 Å². The maximum atomic E-state index is 8.70. The van der Waals surface area contributed by atoms with E-state index in [1.807, 2.05) is 0 Å². The number of halogens is 1. The standard InChI is InChI=1S/C18H28ClN3OS/c19-15-4-1-3-14(13-15)16-5-6-17(23-16)18(24)22-11-9-21(10-12-22)8-2-7-20/h14-17H,1-6,8-13H2. The van der Waals surface area contributed by atoms with Gasteiger partial charge in [0.25, 0.3) is 0 Å². The van der Waals surface area contributed by atoms with Crippen molar-refractivity contribution in [3.63, 3.8) is 0 Å². The maximum Gasteiger partial charge on any atom is 0.108 e. The van der Waals surface area contributed by atoms with Crippen molar-refractivity contribution >= 4 is 28.8 Å². The summed E-state index contributed by atoms with van der Waals surface area (Å²) in [4.78, 5) is 5.66. The molecule has 1 saturated carbocycles. The molecule has 0 aromatic heterocycles. The zero-order chi connectivity index (χ0) is 16.9. The topological polar surface area (TPSA) is 39.5 Å². The van der Waals surface area contributed by atoms with Crippen molar-refractivity contribution in [2.24, 2.45) is 5.92 Å². The van der Waals surface area contributed by atoms with Crippen molar-refractivity contribution < 1.29 is 4.74 Å². The highest BCUT2D eigenvalue weighted by Gasteiger charge is 2.37. The number of thiocarbonyl (C=S) groups is 1. The minimum absolute atomic E-state index is 0.117. The Kier molecular flexibility index (Phi) is 6.74. The van der Waals surface area contributed by atoms with Crippen molar-refractivity contribution in [1.29, 1.82) is 5.26 Å². The molecule has 0 N–H and O–H groups in total. The number of alkyl halides is 1. The molecule has 24 heavy (non-hydrogen) atoms. The van der Waals surface area contributed by atoms with Crippen LogP contribution in [0.15, 0.2) is 0 Å². The molecule has 0 aromatic carbocycles. The Labute approximate surface area is 156 Å². The molecule has 2 heterocycles. The van der Waals surface area contributed by atoms with E-state index in [1.165, 1.54) is 12.8 Å². The van der Waals surface area contributed by atoms with Crippen molar-refractivity contribution in [1.82, 2.24) is 9.80 Å². The molecule has 134 valence electrons. The van der Waals surface area contributed by atoms with Crippen LogP contribution in [-0.4, -0.2) is 65.1 Å². The Balaban J connectivity index is 1.44. The molecule has 2 aliphatic heterocycles. The maximum absolute atomic E-state index is 8.70. The van der Waals surface area contributed by atoms with Crippen LogP contribution < -0.4 is 0 Å². The Bertz CT molecular complexity index is 475. The molecule has 3 rings (SSSR count). The molecule has 2 saturated heterocycles. The fraction of sp³-hybridized carbons (Fsp3) is 0.889. The van der Waals surface area contributed by atoms with Gasteiger partial charge < -0.3 is 9.64 Å². The number of rotatable bonds is 4. The number of nitriles is 1. The van der Waals surface area contributed by atoms with Gasteiger partial charge in [0.1, 0.15) is 11.1 Å².